The molecule has 0 saturated carbocycles. The molecule has 0 aliphatic carbocycles. The van der Waals surface area contributed by atoms with E-state index in [4.69, 9.17) is 10.00 Å². The lowest BCUT2D eigenvalue weighted by atomic mass is 10.2. The van der Waals surface area contributed by atoms with Crippen molar-refractivity contribution in [3.05, 3.63) is 53.5 Å². The second-order valence-electron chi connectivity index (χ2n) is 4.51. The van der Waals surface area contributed by atoms with Crippen molar-refractivity contribution in [3.63, 3.8) is 0 Å². The van der Waals surface area contributed by atoms with Crippen LogP contribution in [0.4, 0.5) is 14.9 Å². The van der Waals surface area contributed by atoms with Crippen molar-refractivity contribution < 1.29 is 13.9 Å². The summed E-state index contributed by atoms with van der Waals surface area (Å²) in [4.78, 5) is 16.0. The van der Waals surface area contributed by atoms with Gasteiger partial charge in [0.15, 0.2) is 0 Å². The van der Waals surface area contributed by atoms with E-state index in [1.165, 1.54) is 12.1 Å². The Morgan fingerprint density at radius 3 is 3.00 bits per heavy atom. The molecule has 7 heteroatoms. The van der Waals surface area contributed by atoms with Crippen molar-refractivity contribution in [2.75, 3.05) is 11.9 Å². The van der Waals surface area contributed by atoms with E-state index in [1.807, 2.05) is 13.0 Å². The van der Waals surface area contributed by atoms with Gasteiger partial charge in [0.05, 0.1) is 17.9 Å². The number of urea groups is 1. The number of anilines is 1. The predicted molar refractivity (Wildman–Crippen MR) is 82.4 cm³/mol. The van der Waals surface area contributed by atoms with E-state index in [9.17, 15) is 9.18 Å². The van der Waals surface area contributed by atoms with Gasteiger partial charge >= 0.3 is 6.03 Å². The molecule has 0 aliphatic heterocycles. The summed E-state index contributed by atoms with van der Waals surface area (Å²) in [5.74, 6) is -0.0842. The second kappa shape index (κ2) is 7.75. The molecule has 0 bridgehead atoms. The molecule has 0 unspecified atom stereocenters. The number of ether oxygens (including phenoxy) is 1. The van der Waals surface area contributed by atoms with E-state index in [1.54, 1.807) is 18.3 Å². The van der Waals surface area contributed by atoms with E-state index in [0.717, 1.165) is 11.6 Å². The summed E-state index contributed by atoms with van der Waals surface area (Å²) in [5, 5.41) is 14.1. The summed E-state index contributed by atoms with van der Waals surface area (Å²) in [5.41, 5.74) is 1.02. The number of hydrogen-bond acceptors (Lipinski definition) is 4. The van der Waals surface area contributed by atoms with E-state index >= 15 is 0 Å². The van der Waals surface area contributed by atoms with Crippen LogP contribution >= 0.6 is 0 Å². The van der Waals surface area contributed by atoms with Crippen LogP contribution in [-0.2, 0) is 6.54 Å². The van der Waals surface area contributed by atoms with Crippen LogP contribution in [0.1, 0.15) is 18.1 Å². The third-order valence-electron chi connectivity index (χ3n) is 2.92. The maximum absolute atomic E-state index is 13.1. The van der Waals surface area contributed by atoms with Crippen LogP contribution in [-0.4, -0.2) is 17.6 Å². The molecule has 23 heavy (non-hydrogen) atoms. The van der Waals surface area contributed by atoms with E-state index in [-0.39, 0.29) is 17.8 Å². The summed E-state index contributed by atoms with van der Waals surface area (Å²) in [6.07, 6.45) is 1.60. The van der Waals surface area contributed by atoms with Crippen molar-refractivity contribution in [2.24, 2.45) is 0 Å². The monoisotopic (exact) mass is 314 g/mol. The Balaban J connectivity index is 2.00. The molecule has 1 aromatic heterocycles. The molecule has 0 atom stereocenters. The third kappa shape index (κ3) is 4.41. The van der Waals surface area contributed by atoms with Crippen molar-refractivity contribution in [1.29, 1.82) is 5.26 Å². The van der Waals surface area contributed by atoms with Crippen LogP contribution in [0.25, 0.3) is 0 Å². The van der Waals surface area contributed by atoms with Crippen LogP contribution < -0.4 is 15.4 Å². The van der Waals surface area contributed by atoms with E-state index in [2.05, 4.69) is 15.6 Å². The zero-order valence-electron chi connectivity index (χ0n) is 12.5. The number of hydrogen-bond donors (Lipinski definition) is 2. The molecule has 0 spiro atoms. The van der Waals surface area contributed by atoms with Gasteiger partial charge in [0.1, 0.15) is 11.9 Å². The van der Waals surface area contributed by atoms with Crippen LogP contribution in [0.2, 0.25) is 0 Å². The van der Waals surface area contributed by atoms with E-state index in [0.29, 0.717) is 12.5 Å². The molecule has 0 radical (unpaired) electrons. The number of nitriles is 1. The molecule has 2 amide bonds. The lowest BCUT2D eigenvalue weighted by molar-refractivity contribution is 0.251. The molecule has 1 heterocycles. The number of pyridine rings is 1. The first-order chi connectivity index (χ1) is 11.1. The number of rotatable bonds is 5. The summed E-state index contributed by atoms with van der Waals surface area (Å²) >= 11 is 0. The van der Waals surface area contributed by atoms with Gasteiger partial charge in [-0.1, -0.05) is 6.07 Å². The predicted octanol–water partition coefficient (Wildman–Crippen LogP) is 2.81. The van der Waals surface area contributed by atoms with Gasteiger partial charge in [0, 0.05) is 18.3 Å². The Bertz CT molecular complexity index is 743. The lowest BCUT2D eigenvalue weighted by Gasteiger charge is -2.11. The SMILES string of the molecule is CCOc1ncccc1CNC(=O)Nc1ccc(F)cc1C#N. The quantitative estimate of drug-likeness (QED) is 0.888. The number of nitrogens with one attached hydrogen (secondary N) is 2. The average Bonchev–Trinajstić information content (AvgIpc) is 2.56. The lowest BCUT2D eigenvalue weighted by Crippen LogP contribution is -2.28. The molecule has 118 valence electrons. The molecule has 2 N–H and O–H groups in total. The molecular formula is C16H15FN4O2. The summed E-state index contributed by atoms with van der Waals surface area (Å²) < 4.78 is 18.4. The molecule has 2 aromatic rings. The fourth-order valence-corrected chi connectivity index (χ4v) is 1.89. The maximum Gasteiger partial charge on any atom is 0.319 e. The summed E-state index contributed by atoms with van der Waals surface area (Å²) in [7, 11) is 0. The molecular weight excluding hydrogens is 299 g/mol. The maximum atomic E-state index is 13.1. The van der Waals surface area contributed by atoms with Crippen LogP contribution in [0.15, 0.2) is 36.5 Å². The van der Waals surface area contributed by atoms with Crippen LogP contribution in [0.5, 0.6) is 5.88 Å². The molecule has 0 saturated heterocycles. The minimum Gasteiger partial charge on any atom is -0.478 e. The molecule has 0 aliphatic rings. The second-order valence-corrected chi connectivity index (χ2v) is 4.51. The van der Waals surface area contributed by atoms with Crippen molar-refractivity contribution in [3.8, 4) is 11.9 Å². The highest BCUT2D eigenvalue weighted by Gasteiger charge is 2.09. The summed E-state index contributed by atoms with van der Waals surface area (Å²) in [6, 6.07) is 8.41. The average molecular weight is 314 g/mol. The first-order valence-electron chi connectivity index (χ1n) is 6.95. The minimum atomic E-state index is -0.538. The van der Waals surface area contributed by atoms with Gasteiger partial charge in [-0.15, -0.1) is 0 Å². The minimum absolute atomic E-state index is 0.0523. The number of carbonyl (C=O) groups is 1. The van der Waals surface area contributed by atoms with Gasteiger partial charge in [-0.3, -0.25) is 0 Å². The normalized spacial score (nSPS) is 9.78. The Kier molecular flexibility index (Phi) is 5.47. The van der Waals surface area contributed by atoms with Gasteiger partial charge in [0.2, 0.25) is 5.88 Å². The van der Waals surface area contributed by atoms with Gasteiger partial charge in [-0.2, -0.15) is 5.26 Å². The van der Waals surface area contributed by atoms with Gasteiger partial charge < -0.3 is 15.4 Å². The fourth-order valence-electron chi connectivity index (χ4n) is 1.89. The summed E-state index contributed by atoms with van der Waals surface area (Å²) in [6.45, 7) is 2.52. The highest BCUT2D eigenvalue weighted by Crippen LogP contribution is 2.16. The Labute approximate surface area is 132 Å². The smallest absolute Gasteiger partial charge is 0.319 e. The topological polar surface area (TPSA) is 87.0 Å². The van der Waals surface area contributed by atoms with Gasteiger partial charge in [-0.05, 0) is 31.2 Å². The number of halogens is 1. The number of benzene rings is 1. The largest absolute Gasteiger partial charge is 0.478 e. The molecule has 6 nitrogen and oxygen atoms in total. The Hall–Kier alpha value is -3.14. The van der Waals surface area contributed by atoms with Crippen LogP contribution in [0.3, 0.4) is 0 Å². The zero-order chi connectivity index (χ0) is 16.7. The first-order valence-corrected chi connectivity index (χ1v) is 6.95. The number of aromatic nitrogens is 1. The van der Waals surface area contributed by atoms with Gasteiger partial charge in [-0.25, -0.2) is 14.2 Å². The number of nitrogens with zero attached hydrogens (tertiary/aromatic N) is 2. The third-order valence-corrected chi connectivity index (χ3v) is 2.92. The zero-order valence-corrected chi connectivity index (χ0v) is 12.5. The Morgan fingerprint density at radius 2 is 2.26 bits per heavy atom. The highest BCUT2D eigenvalue weighted by molar-refractivity contribution is 5.90. The molecule has 0 fully saturated rings. The molecule has 1 aromatic carbocycles. The van der Waals surface area contributed by atoms with Crippen molar-refractivity contribution >= 4 is 11.7 Å². The van der Waals surface area contributed by atoms with Crippen molar-refractivity contribution in [1.82, 2.24) is 10.3 Å². The Morgan fingerprint density at radius 1 is 1.43 bits per heavy atom. The van der Waals surface area contributed by atoms with Crippen molar-refractivity contribution in [2.45, 2.75) is 13.5 Å². The highest BCUT2D eigenvalue weighted by atomic mass is 19.1. The first kappa shape index (κ1) is 16.2. The van der Waals surface area contributed by atoms with Gasteiger partial charge in [0.25, 0.3) is 0 Å². The fraction of sp³-hybridized carbons (Fsp3) is 0.188. The molecule has 2 rings (SSSR count). The van der Waals surface area contributed by atoms with E-state index < -0.39 is 11.8 Å². The van der Waals surface area contributed by atoms with Crippen LogP contribution in [0, 0.1) is 17.1 Å². The standard InChI is InChI=1S/C16H15FN4O2/c1-2-23-15-11(4-3-7-19-15)10-20-16(22)21-14-6-5-13(17)8-12(14)9-18/h3-8H,2,10H2,1H3,(H2,20,21,22). The number of carbonyl (C=O) groups excluding carboxylic acids is 1. The number of amides is 2.